The van der Waals surface area contributed by atoms with E-state index in [-0.39, 0.29) is 6.61 Å². The van der Waals surface area contributed by atoms with Gasteiger partial charge in [-0.1, -0.05) is 36.3 Å². The Kier molecular flexibility index (Phi) is 17.0. The summed E-state index contributed by atoms with van der Waals surface area (Å²) in [6.45, 7) is 9.69. The van der Waals surface area contributed by atoms with E-state index >= 15 is 0 Å². The van der Waals surface area contributed by atoms with E-state index < -0.39 is 0 Å². The first-order valence-electron chi connectivity index (χ1n) is 5.98. The summed E-state index contributed by atoms with van der Waals surface area (Å²) < 4.78 is 0. The van der Waals surface area contributed by atoms with Crippen molar-refractivity contribution < 1.29 is 5.11 Å². The van der Waals surface area contributed by atoms with Gasteiger partial charge in [0.2, 0.25) is 0 Å². The van der Waals surface area contributed by atoms with E-state index in [0.29, 0.717) is 6.54 Å². The number of nitrogens with two attached hydrogens (primary N) is 1. The van der Waals surface area contributed by atoms with Gasteiger partial charge < -0.3 is 10.8 Å². The van der Waals surface area contributed by atoms with Crippen molar-refractivity contribution in [1.29, 1.82) is 0 Å². The van der Waals surface area contributed by atoms with E-state index in [9.17, 15) is 0 Å². The summed E-state index contributed by atoms with van der Waals surface area (Å²) in [5.41, 5.74) is 4.78. The van der Waals surface area contributed by atoms with Gasteiger partial charge in [-0.15, -0.1) is 0 Å². The van der Waals surface area contributed by atoms with E-state index in [4.69, 9.17) is 10.8 Å². The molecule has 0 aromatic carbocycles. The van der Waals surface area contributed by atoms with Crippen LogP contribution in [0.5, 0.6) is 0 Å². The van der Waals surface area contributed by atoms with Crippen LogP contribution in [0.1, 0.15) is 40.5 Å². The molecule has 3 N–H and O–H groups in total. The molecule has 0 atom stereocenters. The van der Waals surface area contributed by atoms with Crippen molar-refractivity contribution >= 4 is 8.58 Å². The molecule has 0 fully saturated rings. The molecule has 0 spiro atoms. The second-order valence-electron chi connectivity index (χ2n) is 4.55. The maximum atomic E-state index is 7.75. The van der Waals surface area contributed by atoms with Crippen LogP contribution in [0, 0.1) is 11.8 Å². The highest BCUT2D eigenvalue weighted by molar-refractivity contribution is 7.37. The molecule has 93 valence electrons. The van der Waals surface area contributed by atoms with Crippen LogP contribution in [-0.4, -0.2) is 30.6 Å². The van der Waals surface area contributed by atoms with Crippen molar-refractivity contribution in [2.45, 2.75) is 40.5 Å². The highest BCUT2D eigenvalue weighted by atomic mass is 31.1. The molecular weight excluding hydrogens is 205 g/mol. The number of aliphatic hydroxyl groups excluding tert-OH is 1. The molecule has 2 nitrogen and oxygen atoms in total. The van der Waals surface area contributed by atoms with Crippen LogP contribution in [0.4, 0.5) is 0 Å². The Balaban J connectivity index is 0. The fraction of sp³-hybridized carbons (Fsp3) is 1.00. The smallest absolute Gasteiger partial charge is 0.0553 e. The first kappa shape index (κ1) is 17.7. The van der Waals surface area contributed by atoms with Crippen molar-refractivity contribution in [3.63, 3.8) is 0 Å². The molecule has 0 saturated carbocycles. The van der Waals surface area contributed by atoms with Gasteiger partial charge in [-0.25, -0.2) is 0 Å². The first-order valence-corrected chi connectivity index (χ1v) is 7.25. The van der Waals surface area contributed by atoms with Crippen molar-refractivity contribution in [1.82, 2.24) is 0 Å². The molecule has 0 aliphatic heterocycles. The fourth-order valence-electron chi connectivity index (χ4n) is 0.811. The third kappa shape index (κ3) is 25.0. The summed E-state index contributed by atoms with van der Waals surface area (Å²) in [6, 6.07) is 0. The number of aliphatic hydroxyl groups is 1. The Morgan fingerprint density at radius 2 is 1.33 bits per heavy atom. The molecule has 15 heavy (non-hydrogen) atoms. The van der Waals surface area contributed by atoms with Crippen molar-refractivity contribution in [2.75, 3.05) is 25.5 Å². The van der Waals surface area contributed by atoms with Crippen LogP contribution in [0.2, 0.25) is 0 Å². The SMILES string of the molecule is CC(C)CC[P]CCC(C)C.NCCO. The maximum absolute atomic E-state index is 7.75. The number of rotatable bonds is 7. The molecule has 0 bridgehead atoms. The summed E-state index contributed by atoms with van der Waals surface area (Å²) in [4.78, 5) is 0. The molecule has 1 radical (unpaired) electrons. The second kappa shape index (κ2) is 14.3. The average Bonchev–Trinajstić information content (AvgIpc) is 2.17. The zero-order chi connectivity index (χ0) is 12.1. The Morgan fingerprint density at radius 3 is 1.53 bits per heavy atom. The van der Waals surface area contributed by atoms with Gasteiger partial charge in [-0.3, -0.25) is 0 Å². The van der Waals surface area contributed by atoms with Gasteiger partial charge in [0.05, 0.1) is 6.61 Å². The average molecular weight is 234 g/mol. The molecule has 0 saturated heterocycles. The highest BCUT2D eigenvalue weighted by Crippen LogP contribution is 2.18. The van der Waals surface area contributed by atoms with Crippen LogP contribution in [0.15, 0.2) is 0 Å². The van der Waals surface area contributed by atoms with Gasteiger partial charge in [0, 0.05) is 6.54 Å². The quantitative estimate of drug-likeness (QED) is 0.525. The number of hydrogen-bond donors (Lipinski definition) is 2. The predicted octanol–water partition coefficient (Wildman–Crippen LogP) is 2.96. The largest absolute Gasteiger partial charge is 0.395 e. The lowest BCUT2D eigenvalue weighted by Gasteiger charge is -2.05. The second-order valence-corrected chi connectivity index (χ2v) is 5.89. The molecule has 0 aromatic rings. The Labute approximate surface area is 97.8 Å². The first-order chi connectivity index (χ1) is 7.04. The van der Waals surface area contributed by atoms with Gasteiger partial charge in [0.25, 0.3) is 0 Å². The van der Waals surface area contributed by atoms with E-state index in [1.807, 2.05) is 0 Å². The normalized spacial score (nSPS) is 10.4. The zero-order valence-electron chi connectivity index (χ0n) is 10.9. The lowest BCUT2D eigenvalue weighted by Crippen LogP contribution is -2.02. The molecule has 0 amide bonds. The van der Waals surface area contributed by atoms with Gasteiger partial charge in [0.1, 0.15) is 0 Å². The summed E-state index contributed by atoms with van der Waals surface area (Å²) in [5, 5.41) is 7.75. The summed E-state index contributed by atoms with van der Waals surface area (Å²) >= 11 is 0. The van der Waals surface area contributed by atoms with Crippen molar-refractivity contribution in [2.24, 2.45) is 17.6 Å². The minimum Gasteiger partial charge on any atom is -0.395 e. The minimum absolute atomic E-state index is 0.0972. The summed E-state index contributed by atoms with van der Waals surface area (Å²) in [7, 11) is 1.66. The van der Waals surface area contributed by atoms with Gasteiger partial charge in [-0.2, -0.15) is 0 Å². The highest BCUT2D eigenvalue weighted by Gasteiger charge is 1.96. The topological polar surface area (TPSA) is 46.2 Å². The van der Waals surface area contributed by atoms with Gasteiger partial charge >= 0.3 is 0 Å². The van der Waals surface area contributed by atoms with Crippen molar-refractivity contribution in [3.8, 4) is 0 Å². The molecule has 0 heterocycles. The van der Waals surface area contributed by atoms with Crippen LogP contribution in [0.3, 0.4) is 0 Å². The third-order valence-corrected chi connectivity index (χ3v) is 3.01. The van der Waals surface area contributed by atoms with Crippen LogP contribution < -0.4 is 5.73 Å². The van der Waals surface area contributed by atoms with Gasteiger partial charge in [-0.05, 0) is 37.0 Å². The fourth-order valence-corrected chi connectivity index (χ4v) is 2.43. The molecule has 0 aromatic heterocycles. The summed E-state index contributed by atoms with van der Waals surface area (Å²) in [5.74, 6) is 1.78. The maximum Gasteiger partial charge on any atom is 0.0553 e. The van der Waals surface area contributed by atoms with E-state index in [2.05, 4.69) is 27.7 Å². The monoisotopic (exact) mass is 234 g/mol. The lowest BCUT2D eigenvalue weighted by molar-refractivity contribution is 0.306. The van der Waals surface area contributed by atoms with Crippen LogP contribution in [0.25, 0.3) is 0 Å². The molecule has 0 aliphatic rings. The van der Waals surface area contributed by atoms with Crippen molar-refractivity contribution in [3.05, 3.63) is 0 Å². The minimum atomic E-state index is 0.0972. The molecule has 0 unspecified atom stereocenters. The third-order valence-electron chi connectivity index (χ3n) is 1.86. The summed E-state index contributed by atoms with van der Waals surface area (Å²) in [6.07, 6.45) is 5.62. The standard InChI is InChI=1S/C10H22P.C2H7NO/c1-9(2)5-7-11-8-6-10(3)4;3-1-2-4/h9-10H,5-8H2,1-4H3;4H,1-3H2. The predicted molar refractivity (Wildman–Crippen MR) is 71.7 cm³/mol. The molecule has 0 aliphatic carbocycles. The van der Waals surface area contributed by atoms with E-state index in [0.717, 1.165) is 11.8 Å². The van der Waals surface area contributed by atoms with Gasteiger partial charge in [0.15, 0.2) is 0 Å². The van der Waals surface area contributed by atoms with E-state index in [1.165, 1.54) is 25.2 Å². The van der Waals surface area contributed by atoms with Crippen LogP contribution in [-0.2, 0) is 0 Å². The Hall–Kier alpha value is 0.350. The lowest BCUT2D eigenvalue weighted by atomic mass is 10.2. The zero-order valence-corrected chi connectivity index (χ0v) is 11.8. The molecule has 3 heteroatoms. The number of hydrogen-bond acceptors (Lipinski definition) is 2. The Bertz CT molecular complexity index is 95.8. The Morgan fingerprint density at radius 1 is 1.00 bits per heavy atom. The van der Waals surface area contributed by atoms with Crippen LogP contribution >= 0.6 is 8.58 Å². The van der Waals surface area contributed by atoms with E-state index in [1.54, 1.807) is 8.58 Å². The molecule has 0 rings (SSSR count). The molecular formula is C12H29NOP.